The summed E-state index contributed by atoms with van der Waals surface area (Å²) < 4.78 is 1.13. The van der Waals surface area contributed by atoms with E-state index in [2.05, 4.69) is 33.0 Å². The first kappa shape index (κ1) is 14.1. The van der Waals surface area contributed by atoms with Crippen LogP contribution >= 0.6 is 34.4 Å². The Hall–Kier alpha value is -0.960. The largest absolute Gasteiger partial charge is 0.377 e. The molecule has 0 aliphatic rings. The van der Waals surface area contributed by atoms with Gasteiger partial charge in [-0.15, -0.1) is 0 Å². The van der Waals surface area contributed by atoms with E-state index in [1.165, 1.54) is 0 Å². The van der Waals surface area contributed by atoms with Gasteiger partial charge in [0.05, 0.1) is 5.75 Å². The van der Waals surface area contributed by atoms with E-state index in [0.29, 0.717) is 0 Å². The summed E-state index contributed by atoms with van der Waals surface area (Å²) in [5.41, 5.74) is 7.20. The summed E-state index contributed by atoms with van der Waals surface area (Å²) in [5.74, 6) is 5.02. The molecule has 17 heavy (non-hydrogen) atoms. The van der Waals surface area contributed by atoms with Gasteiger partial charge >= 0.3 is 0 Å². The number of hydrogen-bond acceptors (Lipinski definition) is 4. The Morgan fingerprint density at radius 3 is 2.88 bits per heavy atom. The third-order valence-corrected chi connectivity index (χ3v) is 3.42. The molecule has 0 bridgehead atoms. The normalized spacial score (nSPS) is 11.3. The van der Waals surface area contributed by atoms with Crippen LogP contribution in [0.1, 0.15) is 5.56 Å². The third kappa shape index (κ3) is 4.82. The highest BCUT2D eigenvalue weighted by atomic mass is 127. The lowest BCUT2D eigenvalue weighted by Gasteiger charge is -2.08. The van der Waals surface area contributed by atoms with Gasteiger partial charge in [0, 0.05) is 9.26 Å². The fourth-order valence-electron chi connectivity index (χ4n) is 1.13. The number of aryl methyl sites for hydroxylation is 1. The Morgan fingerprint density at radius 1 is 1.59 bits per heavy atom. The van der Waals surface area contributed by atoms with E-state index in [0.717, 1.165) is 26.6 Å². The van der Waals surface area contributed by atoms with Crippen LogP contribution in [-0.4, -0.2) is 16.8 Å². The number of amidine groups is 1. The highest BCUT2D eigenvalue weighted by Crippen LogP contribution is 2.17. The first-order chi connectivity index (χ1) is 8.02. The molecule has 92 valence electrons. The van der Waals surface area contributed by atoms with E-state index < -0.39 is 0 Å². The zero-order chi connectivity index (χ0) is 12.8. The van der Waals surface area contributed by atoms with Gasteiger partial charge in [-0.1, -0.05) is 11.8 Å². The van der Waals surface area contributed by atoms with Gasteiger partial charge in [-0.3, -0.25) is 4.79 Å². The highest BCUT2D eigenvalue weighted by Gasteiger charge is 2.06. The minimum absolute atomic E-state index is 0.133. The fraction of sp³-hybridized carbons (Fsp3) is 0.200. The molecule has 0 fully saturated rings. The number of carbonyl (C=O) groups is 1. The first-order valence-electron chi connectivity index (χ1n) is 4.75. The summed E-state index contributed by atoms with van der Waals surface area (Å²) in [6, 6.07) is 5.81. The number of amides is 1. The molecule has 0 saturated heterocycles. The Morgan fingerprint density at radius 2 is 2.29 bits per heavy atom. The number of hydrazone groups is 1. The number of nitrogens with zero attached hydrogens (tertiary/aromatic N) is 1. The van der Waals surface area contributed by atoms with E-state index in [4.69, 9.17) is 11.6 Å². The summed E-state index contributed by atoms with van der Waals surface area (Å²) in [5, 5.41) is 6.27. The molecule has 7 heteroatoms. The van der Waals surface area contributed by atoms with Crippen molar-refractivity contribution in [2.24, 2.45) is 16.7 Å². The van der Waals surface area contributed by atoms with Crippen LogP contribution in [0.5, 0.6) is 0 Å². The van der Waals surface area contributed by atoms with Gasteiger partial charge in [0.25, 0.3) is 0 Å². The van der Waals surface area contributed by atoms with Gasteiger partial charge < -0.3 is 16.9 Å². The molecule has 0 radical (unpaired) electrons. The van der Waals surface area contributed by atoms with Crippen molar-refractivity contribution in [2.45, 2.75) is 6.92 Å². The number of halogens is 1. The number of anilines is 1. The molecule has 0 saturated carbocycles. The van der Waals surface area contributed by atoms with Crippen LogP contribution in [0.15, 0.2) is 23.3 Å². The molecule has 0 aliphatic carbocycles. The van der Waals surface area contributed by atoms with Crippen LogP contribution in [0.2, 0.25) is 0 Å². The maximum Gasteiger partial charge on any atom is 0.234 e. The van der Waals surface area contributed by atoms with Crippen LogP contribution in [0, 0.1) is 10.5 Å². The summed E-state index contributed by atoms with van der Waals surface area (Å²) in [4.78, 5) is 11.6. The van der Waals surface area contributed by atoms with Crippen molar-refractivity contribution >= 4 is 51.1 Å². The lowest BCUT2D eigenvalue weighted by molar-refractivity contribution is -0.113. The van der Waals surface area contributed by atoms with E-state index in [1.54, 1.807) is 0 Å². The highest BCUT2D eigenvalue weighted by molar-refractivity contribution is 14.1. The maximum atomic E-state index is 11.6. The number of carbonyl (C=O) groups excluding carboxylic acids is 1. The standard InChI is InChI=1S/C10H13IN4OS/c1-6-4-7(11)2-3-8(6)14-9(16)5-17-10(12)15-13/h2-4H,5,13H2,1H3,(H2,12,15)(H,14,16). The van der Waals surface area contributed by atoms with E-state index in [1.807, 2.05) is 25.1 Å². The van der Waals surface area contributed by atoms with Crippen molar-refractivity contribution in [3.8, 4) is 0 Å². The molecule has 0 heterocycles. The molecular formula is C10H13IN4OS. The van der Waals surface area contributed by atoms with E-state index >= 15 is 0 Å². The van der Waals surface area contributed by atoms with Gasteiger partial charge in [-0.2, -0.15) is 5.10 Å². The topological polar surface area (TPSA) is 93.5 Å². The van der Waals surface area contributed by atoms with Crippen LogP contribution in [0.3, 0.4) is 0 Å². The molecule has 1 aromatic rings. The van der Waals surface area contributed by atoms with Gasteiger partial charge in [0.2, 0.25) is 5.91 Å². The van der Waals surface area contributed by atoms with Gasteiger partial charge in [0.1, 0.15) is 0 Å². The van der Waals surface area contributed by atoms with Gasteiger partial charge in [-0.25, -0.2) is 0 Å². The van der Waals surface area contributed by atoms with Crippen molar-refractivity contribution in [3.05, 3.63) is 27.3 Å². The molecular weight excluding hydrogens is 351 g/mol. The Balaban J connectivity index is 2.56. The lowest BCUT2D eigenvalue weighted by Crippen LogP contribution is -2.18. The average molecular weight is 364 g/mol. The number of hydrogen-bond donors (Lipinski definition) is 3. The lowest BCUT2D eigenvalue weighted by atomic mass is 10.2. The fourth-order valence-corrected chi connectivity index (χ4v) is 2.20. The number of thioether (sulfide) groups is 1. The zero-order valence-electron chi connectivity index (χ0n) is 9.24. The smallest absolute Gasteiger partial charge is 0.234 e. The van der Waals surface area contributed by atoms with Crippen molar-refractivity contribution in [2.75, 3.05) is 11.1 Å². The number of benzene rings is 1. The summed E-state index contributed by atoms with van der Waals surface area (Å²) >= 11 is 3.33. The second-order valence-electron chi connectivity index (χ2n) is 3.26. The first-order valence-corrected chi connectivity index (χ1v) is 6.81. The molecule has 0 aliphatic heterocycles. The van der Waals surface area contributed by atoms with Crippen LogP contribution < -0.4 is 16.9 Å². The maximum absolute atomic E-state index is 11.6. The summed E-state index contributed by atoms with van der Waals surface area (Å²) in [6.45, 7) is 1.95. The van der Waals surface area contributed by atoms with Crippen molar-refractivity contribution in [1.29, 1.82) is 0 Å². The van der Waals surface area contributed by atoms with Crippen LogP contribution in [0.25, 0.3) is 0 Å². The Labute approximate surface area is 118 Å². The summed E-state index contributed by atoms with van der Waals surface area (Å²) in [6.07, 6.45) is 0. The van der Waals surface area contributed by atoms with Crippen molar-refractivity contribution in [3.63, 3.8) is 0 Å². The molecule has 5 nitrogen and oxygen atoms in total. The quantitative estimate of drug-likeness (QED) is 0.249. The molecule has 1 rings (SSSR count). The SMILES string of the molecule is Cc1cc(I)ccc1NC(=O)CSC(N)=NN. The predicted octanol–water partition coefficient (Wildman–Crippen LogP) is 1.46. The monoisotopic (exact) mass is 364 g/mol. The third-order valence-electron chi connectivity index (χ3n) is 1.94. The van der Waals surface area contributed by atoms with Gasteiger partial charge in [-0.05, 0) is 53.3 Å². The molecule has 5 N–H and O–H groups in total. The molecule has 1 aromatic carbocycles. The molecule has 0 aromatic heterocycles. The Kier molecular flexibility index (Phi) is 5.56. The second kappa shape index (κ2) is 6.70. The minimum Gasteiger partial charge on any atom is -0.377 e. The van der Waals surface area contributed by atoms with Crippen LogP contribution in [0.4, 0.5) is 5.69 Å². The molecule has 0 atom stereocenters. The van der Waals surface area contributed by atoms with E-state index in [9.17, 15) is 4.79 Å². The zero-order valence-corrected chi connectivity index (χ0v) is 12.2. The summed E-state index contributed by atoms with van der Waals surface area (Å²) in [7, 11) is 0. The van der Waals surface area contributed by atoms with Gasteiger partial charge in [0.15, 0.2) is 5.17 Å². The predicted molar refractivity (Wildman–Crippen MR) is 80.8 cm³/mol. The van der Waals surface area contributed by atoms with Crippen molar-refractivity contribution in [1.82, 2.24) is 0 Å². The molecule has 0 spiro atoms. The average Bonchev–Trinajstić information content (AvgIpc) is 2.29. The van der Waals surface area contributed by atoms with Crippen LogP contribution in [-0.2, 0) is 4.79 Å². The van der Waals surface area contributed by atoms with Crippen molar-refractivity contribution < 1.29 is 4.79 Å². The molecule has 0 unspecified atom stereocenters. The number of nitrogens with one attached hydrogen (secondary N) is 1. The van der Waals surface area contributed by atoms with E-state index in [-0.39, 0.29) is 16.8 Å². The minimum atomic E-state index is -0.133. The number of rotatable bonds is 3. The molecule has 1 amide bonds. The number of nitrogens with two attached hydrogens (primary N) is 2. The second-order valence-corrected chi connectivity index (χ2v) is 5.50. The Bertz CT molecular complexity index is 450.